The number of aromatic nitrogens is 4. The minimum atomic E-state index is -0.518. The molecule has 2 aromatic heterocycles. The summed E-state index contributed by atoms with van der Waals surface area (Å²) in [5.41, 5.74) is 2.26. The van der Waals surface area contributed by atoms with Crippen molar-refractivity contribution in [3.8, 4) is 11.3 Å². The summed E-state index contributed by atoms with van der Waals surface area (Å²) in [6.07, 6.45) is 8.51. The number of likely N-dealkylation sites (tertiary alicyclic amines) is 1. The molecule has 3 aliphatic rings. The standard InChI is InChI=1S/C28H36N6O4/c1-28(2,3)38-27(36)32-12-10-18(11-13-32)21-15-23(35)30-26-25-19(7-6-8-20(25)31-34(21)26)22-16-29-17-33(22)24-9-4-5-14-37-24/h6-8,16-18,21,24H,4-5,9-15H2,1-3H3,(H,30,35). The molecule has 10 nitrogen and oxygen atoms in total. The third-order valence-electron chi connectivity index (χ3n) is 7.83. The third-order valence-corrected chi connectivity index (χ3v) is 7.83. The highest BCUT2D eigenvalue weighted by Crippen LogP contribution is 2.42. The highest BCUT2D eigenvalue weighted by molar-refractivity contribution is 6.07. The van der Waals surface area contributed by atoms with Crippen molar-refractivity contribution in [1.82, 2.24) is 24.2 Å². The smallest absolute Gasteiger partial charge is 0.410 e. The number of hydrogen-bond acceptors (Lipinski definition) is 6. The van der Waals surface area contributed by atoms with Crippen LogP contribution in [0.2, 0.25) is 0 Å². The maximum absolute atomic E-state index is 13.0. The Hall–Kier alpha value is -3.40. The number of amides is 2. The van der Waals surface area contributed by atoms with E-state index < -0.39 is 5.60 Å². The molecule has 0 bridgehead atoms. The molecule has 2 unspecified atom stereocenters. The second-order valence-electron chi connectivity index (χ2n) is 11.6. The van der Waals surface area contributed by atoms with Gasteiger partial charge in [-0.25, -0.2) is 14.5 Å². The number of nitrogens with zero attached hydrogens (tertiary/aromatic N) is 5. The Bertz CT molecular complexity index is 1340. The van der Waals surface area contributed by atoms with Gasteiger partial charge < -0.3 is 24.3 Å². The first-order valence-electron chi connectivity index (χ1n) is 13.7. The van der Waals surface area contributed by atoms with Crippen molar-refractivity contribution < 1.29 is 19.1 Å². The number of piperidine rings is 1. The lowest BCUT2D eigenvalue weighted by Crippen LogP contribution is -2.44. The zero-order chi connectivity index (χ0) is 26.4. The lowest BCUT2D eigenvalue weighted by atomic mass is 9.86. The van der Waals surface area contributed by atoms with E-state index in [1.807, 2.05) is 50.1 Å². The Balaban J connectivity index is 1.30. The Kier molecular flexibility index (Phi) is 6.37. The van der Waals surface area contributed by atoms with E-state index >= 15 is 0 Å². The summed E-state index contributed by atoms with van der Waals surface area (Å²) in [6.45, 7) is 7.61. The highest BCUT2D eigenvalue weighted by Gasteiger charge is 2.37. The molecule has 3 aliphatic heterocycles. The van der Waals surface area contributed by atoms with Crippen molar-refractivity contribution in [1.29, 1.82) is 0 Å². The molecule has 2 amide bonds. The van der Waals surface area contributed by atoms with Crippen LogP contribution >= 0.6 is 0 Å². The maximum atomic E-state index is 13.0. The molecule has 6 rings (SSSR count). The summed E-state index contributed by atoms with van der Waals surface area (Å²) in [5, 5.41) is 9.04. The number of rotatable bonds is 3. The summed E-state index contributed by atoms with van der Waals surface area (Å²) in [4.78, 5) is 31.8. The van der Waals surface area contributed by atoms with Gasteiger partial charge in [0.2, 0.25) is 5.91 Å². The predicted octanol–water partition coefficient (Wildman–Crippen LogP) is 5.13. The molecule has 1 N–H and O–H groups in total. The van der Waals surface area contributed by atoms with Crippen molar-refractivity contribution in [2.24, 2.45) is 5.92 Å². The SMILES string of the molecule is CC(C)(C)OC(=O)N1CCC(C2CC(=O)Nc3c4c(-c5cncn5C5CCCCO5)cccc4nn32)CC1. The van der Waals surface area contributed by atoms with E-state index in [-0.39, 0.29) is 30.2 Å². The summed E-state index contributed by atoms with van der Waals surface area (Å²) in [5.74, 6) is 0.971. The molecule has 2 saturated heterocycles. The van der Waals surface area contributed by atoms with Crippen LogP contribution in [0, 0.1) is 5.92 Å². The van der Waals surface area contributed by atoms with Crippen LogP contribution < -0.4 is 5.32 Å². The molecular formula is C28H36N6O4. The molecule has 0 aliphatic carbocycles. The van der Waals surface area contributed by atoms with Gasteiger partial charge in [-0.2, -0.15) is 5.10 Å². The van der Waals surface area contributed by atoms with Crippen molar-refractivity contribution >= 4 is 28.7 Å². The molecule has 38 heavy (non-hydrogen) atoms. The van der Waals surface area contributed by atoms with Gasteiger partial charge in [0.1, 0.15) is 17.6 Å². The van der Waals surface area contributed by atoms with Gasteiger partial charge in [-0.1, -0.05) is 12.1 Å². The van der Waals surface area contributed by atoms with E-state index in [0.717, 1.165) is 66.7 Å². The largest absolute Gasteiger partial charge is 0.444 e. The van der Waals surface area contributed by atoms with Crippen LogP contribution in [0.5, 0.6) is 0 Å². The summed E-state index contributed by atoms with van der Waals surface area (Å²) >= 11 is 0. The fraction of sp³-hybridized carbons (Fsp3) is 0.571. The van der Waals surface area contributed by atoms with Gasteiger partial charge in [0.15, 0.2) is 0 Å². The highest BCUT2D eigenvalue weighted by atomic mass is 16.6. The van der Waals surface area contributed by atoms with Gasteiger partial charge in [-0.3, -0.25) is 4.79 Å². The van der Waals surface area contributed by atoms with Crippen LogP contribution in [0.1, 0.15) is 71.6 Å². The maximum Gasteiger partial charge on any atom is 0.410 e. The van der Waals surface area contributed by atoms with Crippen molar-refractivity contribution in [3.05, 3.63) is 30.7 Å². The zero-order valence-electron chi connectivity index (χ0n) is 22.4. The lowest BCUT2D eigenvalue weighted by molar-refractivity contribution is -0.118. The van der Waals surface area contributed by atoms with E-state index in [1.165, 1.54) is 0 Å². The number of anilines is 1. The second-order valence-corrected chi connectivity index (χ2v) is 11.6. The number of fused-ring (bicyclic) bond motifs is 3. The normalized spacial score (nSPS) is 22.8. The first kappa shape index (κ1) is 24.9. The van der Waals surface area contributed by atoms with E-state index in [4.69, 9.17) is 14.6 Å². The van der Waals surface area contributed by atoms with Gasteiger partial charge in [0.25, 0.3) is 0 Å². The molecule has 202 valence electrons. The van der Waals surface area contributed by atoms with Crippen LogP contribution in [0.15, 0.2) is 30.7 Å². The number of nitrogens with one attached hydrogen (secondary N) is 1. The number of carbonyl (C=O) groups is 2. The number of hydrogen-bond donors (Lipinski definition) is 1. The van der Waals surface area contributed by atoms with Crippen LogP contribution in [0.3, 0.4) is 0 Å². The molecule has 10 heteroatoms. The lowest BCUT2D eigenvalue weighted by Gasteiger charge is -2.38. The van der Waals surface area contributed by atoms with Crippen molar-refractivity contribution in [2.75, 3.05) is 25.0 Å². The quantitative estimate of drug-likeness (QED) is 0.514. The van der Waals surface area contributed by atoms with Gasteiger partial charge in [0.05, 0.1) is 35.2 Å². The predicted molar refractivity (Wildman–Crippen MR) is 143 cm³/mol. The topological polar surface area (TPSA) is 104 Å². The molecule has 0 radical (unpaired) electrons. The van der Waals surface area contributed by atoms with Crippen LogP contribution in [0.4, 0.5) is 10.6 Å². The van der Waals surface area contributed by atoms with E-state index in [0.29, 0.717) is 19.5 Å². The van der Waals surface area contributed by atoms with E-state index in [2.05, 4.69) is 20.9 Å². The van der Waals surface area contributed by atoms with Crippen LogP contribution in [-0.4, -0.2) is 61.5 Å². The zero-order valence-corrected chi connectivity index (χ0v) is 22.4. The Labute approximate surface area is 222 Å². The molecular weight excluding hydrogens is 484 g/mol. The molecule has 0 saturated carbocycles. The molecule has 3 aromatic rings. The summed E-state index contributed by atoms with van der Waals surface area (Å²) < 4.78 is 15.7. The Morgan fingerprint density at radius 2 is 1.97 bits per heavy atom. The van der Waals surface area contributed by atoms with E-state index in [1.54, 1.807) is 4.90 Å². The first-order valence-corrected chi connectivity index (χ1v) is 13.7. The third kappa shape index (κ3) is 4.66. The Morgan fingerprint density at radius 3 is 2.71 bits per heavy atom. The number of carbonyl (C=O) groups excluding carboxylic acids is 2. The van der Waals surface area contributed by atoms with Crippen molar-refractivity contribution in [2.45, 2.75) is 77.2 Å². The minimum Gasteiger partial charge on any atom is -0.444 e. The number of ether oxygens (including phenoxy) is 2. The van der Waals surface area contributed by atoms with Gasteiger partial charge in [0, 0.05) is 31.7 Å². The molecule has 2 atom stereocenters. The average molecular weight is 521 g/mol. The van der Waals surface area contributed by atoms with Crippen LogP contribution in [0.25, 0.3) is 22.2 Å². The average Bonchev–Trinajstić information content (AvgIpc) is 3.53. The van der Waals surface area contributed by atoms with Crippen LogP contribution in [-0.2, 0) is 14.3 Å². The monoisotopic (exact) mass is 520 g/mol. The molecule has 0 spiro atoms. The molecule has 2 fully saturated rings. The summed E-state index contributed by atoms with van der Waals surface area (Å²) in [7, 11) is 0. The fourth-order valence-electron chi connectivity index (χ4n) is 6.03. The van der Waals surface area contributed by atoms with E-state index in [9.17, 15) is 9.59 Å². The minimum absolute atomic E-state index is 0.00204. The first-order chi connectivity index (χ1) is 18.3. The second kappa shape index (κ2) is 9.72. The molecule has 5 heterocycles. The van der Waals surface area contributed by atoms with Crippen molar-refractivity contribution in [3.63, 3.8) is 0 Å². The molecule has 1 aromatic carbocycles. The fourth-order valence-corrected chi connectivity index (χ4v) is 6.03. The number of benzene rings is 1. The Morgan fingerprint density at radius 1 is 1.16 bits per heavy atom. The van der Waals surface area contributed by atoms with Gasteiger partial charge >= 0.3 is 6.09 Å². The number of imidazole rings is 1. The van der Waals surface area contributed by atoms with Gasteiger partial charge in [-0.05, 0) is 64.9 Å². The summed E-state index contributed by atoms with van der Waals surface area (Å²) in [6, 6.07) is 6.00. The van der Waals surface area contributed by atoms with Gasteiger partial charge in [-0.15, -0.1) is 0 Å².